The number of nitrogens with two attached hydrogens (primary N) is 1. The Morgan fingerprint density at radius 1 is 1.09 bits per heavy atom. The molecule has 2 aliphatic carbocycles. The lowest BCUT2D eigenvalue weighted by molar-refractivity contribution is -0.141. The SMILES string of the molecule is COc1ccc2c(OC3CN(C(=O)C(CCCCCC=CC4CC4C(=O)O)NC(=O)OC4CCCC4)C(C(N)=O)C3(C)C)cc(-c3csc(NC(C)C)n3)nc2c1. The highest BCUT2D eigenvalue weighted by Gasteiger charge is 2.55. The number of amides is 3. The highest BCUT2D eigenvalue weighted by atomic mass is 32.1. The first-order chi connectivity index (χ1) is 27.2. The van der Waals surface area contributed by atoms with E-state index in [1.54, 1.807) is 7.11 Å². The summed E-state index contributed by atoms with van der Waals surface area (Å²) in [4.78, 5) is 63.2. The second-order valence-electron chi connectivity index (χ2n) is 16.4. The molecule has 14 nitrogen and oxygen atoms in total. The van der Waals surface area contributed by atoms with E-state index in [-0.39, 0.29) is 30.5 Å². The number of aromatic nitrogens is 2. The van der Waals surface area contributed by atoms with E-state index in [0.717, 1.165) is 55.5 Å². The number of benzene rings is 1. The Kier molecular flexibility index (Phi) is 13.3. The van der Waals surface area contributed by atoms with Gasteiger partial charge in [0.1, 0.15) is 41.5 Å². The molecule has 2 aromatic heterocycles. The number of carboxylic acids is 1. The molecule has 3 aliphatic rings. The van der Waals surface area contributed by atoms with Crippen molar-refractivity contribution in [1.82, 2.24) is 20.2 Å². The Morgan fingerprint density at radius 2 is 1.86 bits per heavy atom. The van der Waals surface area contributed by atoms with E-state index in [1.165, 1.54) is 16.2 Å². The number of likely N-dealkylation sites (tertiary alicyclic amines) is 1. The molecular formula is C42H56N6O8S. The molecule has 0 spiro atoms. The van der Waals surface area contributed by atoms with Crippen molar-refractivity contribution in [3.05, 3.63) is 41.8 Å². The summed E-state index contributed by atoms with van der Waals surface area (Å²) in [5.74, 6) is -0.885. The normalized spacial score (nSPS) is 22.2. The fourth-order valence-electron chi connectivity index (χ4n) is 7.97. The molecule has 1 aromatic carbocycles. The summed E-state index contributed by atoms with van der Waals surface area (Å²) in [5, 5.41) is 18.7. The highest BCUT2D eigenvalue weighted by molar-refractivity contribution is 7.14. The number of carbonyl (C=O) groups excluding carboxylic acids is 3. The molecule has 6 rings (SSSR count). The zero-order valence-electron chi connectivity index (χ0n) is 33.5. The number of anilines is 1. The molecule has 2 saturated carbocycles. The van der Waals surface area contributed by atoms with Crippen molar-refractivity contribution in [2.75, 3.05) is 19.0 Å². The van der Waals surface area contributed by atoms with Gasteiger partial charge in [0, 0.05) is 34.4 Å². The first-order valence-electron chi connectivity index (χ1n) is 20.1. The number of hydrogen-bond donors (Lipinski definition) is 4. The van der Waals surface area contributed by atoms with Crippen LogP contribution in [0.2, 0.25) is 0 Å². The lowest BCUT2D eigenvalue weighted by Gasteiger charge is -2.33. The summed E-state index contributed by atoms with van der Waals surface area (Å²) in [5.41, 5.74) is 7.02. The van der Waals surface area contributed by atoms with Gasteiger partial charge in [0.25, 0.3) is 0 Å². The number of aliphatic carboxylic acids is 1. The zero-order chi connectivity index (χ0) is 40.9. The lowest BCUT2D eigenvalue weighted by atomic mass is 9.82. The van der Waals surface area contributed by atoms with Crippen LogP contribution in [0.1, 0.15) is 91.9 Å². The fraction of sp³-hybridized carbons (Fsp3) is 0.571. The van der Waals surface area contributed by atoms with Crippen LogP contribution in [0.15, 0.2) is 41.8 Å². The number of pyridine rings is 1. The minimum atomic E-state index is -1.02. The third kappa shape index (κ3) is 10.2. The number of unbranched alkanes of at least 4 members (excludes halogenated alkanes) is 3. The van der Waals surface area contributed by atoms with E-state index >= 15 is 0 Å². The van der Waals surface area contributed by atoms with Crippen LogP contribution in [-0.2, 0) is 19.1 Å². The number of primary amides is 1. The molecule has 1 saturated heterocycles. The van der Waals surface area contributed by atoms with Crippen LogP contribution in [0.3, 0.4) is 0 Å². The lowest BCUT2D eigenvalue weighted by Crippen LogP contribution is -2.55. The van der Waals surface area contributed by atoms with E-state index in [0.29, 0.717) is 47.7 Å². The topological polar surface area (TPSA) is 195 Å². The first kappa shape index (κ1) is 41.7. The van der Waals surface area contributed by atoms with Crippen LogP contribution in [-0.4, -0.2) is 87.8 Å². The van der Waals surface area contributed by atoms with Crippen LogP contribution in [0.5, 0.6) is 11.5 Å². The molecule has 57 heavy (non-hydrogen) atoms. The van der Waals surface area contributed by atoms with Crippen molar-refractivity contribution in [3.63, 3.8) is 0 Å². The number of allylic oxidation sites excluding steroid dienone is 2. The molecule has 15 heteroatoms. The number of nitrogens with one attached hydrogen (secondary N) is 2. The third-order valence-corrected chi connectivity index (χ3v) is 12.0. The van der Waals surface area contributed by atoms with Gasteiger partial charge in [0.05, 0.1) is 30.8 Å². The number of carboxylic acid groups (broad SMARTS) is 1. The molecule has 3 heterocycles. The maximum atomic E-state index is 14.5. The Bertz CT molecular complexity index is 1960. The summed E-state index contributed by atoms with van der Waals surface area (Å²) < 4.78 is 18.0. The summed E-state index contributed by atoms with van der Waals surface area (Å²) in [7, 11) is 1.59. The van der Waals surface area contributed by atoms with Gasteiger partial charge >= 0.3 is 12.1 Å². The largest absolute Gasteiger partial charge is 0.497 e. The molecule has 5 N–H and O–H groups in total. The predicted molar refractivity (Wildman–Crippen MR) is 218 cm³/mol. The fourth-order valence-corrected chi connectivity index (χ4v) is 8.83. The Labute approximate surface area is 337 Å². The van der Waals surface area contributed by atoms with Gasteiger partial charge in [-0.15, -0.1) is 11.3 Å². The number of thiazole rings is 1. The Morgan fingerprint density at radius 3 is 2.54 bits per heavy atom. The molecule has 308 valence electrons. The quantitative estimate of drug-likeness (QED) is 0.0770. The Balaban J connectivity index is 1.21. The number of hydrogen-bond acceptors (Lipinski definition) is 11. The van der Waals surface area contributed by atoms with Gasteiger partial charge in [-0.05, 0) is 83.3 Å². The van der Waals surface area contributed by atoms with Gasteiger partial charge in [0.15, 0.2) is 5.13 Å². The maximum Gasteiger partial charge on any atom is 0.408 e. The van der Waals surface area contributed by atoms with Crippen molar-refractivity contribution in [3.8, 4) is 22.9 Å². The van der Waals surface area contributed by atoms with E-state index in [2.05, 4.69) is 10.6 Å². The average Bonchev–Trinajstić information content (AvgIpc) is 3.40. The minimum absolute atomic E-state index is 0.0487. The van der Waals surface area contributed by atoms with E-state index in [1.807, 2.05) is 69.5 Å². The molecule has 3 fully saturated rings. The number of rotatable bonds is 18. The van der Waals surface area contributed by atoms with Gasteiger partial charge in [-0.3, -0.25) is 14.4 Å². The van der Waals surface area contributed by atoms with Crippen molar-refractivity contribution >= 4 is 51.2 Å². The van der Waals surface area contributed by atoms with Crippen molar-refractivity contribution < 1.29 is 38.5 Å². The van der Waals surface area contributed by atoms with E-state index in [9.17, 15) is 19.2 Å². The van der Waals surface area contributed by atoms with Gasteiger partial charge in [-0.2, -0.15) is 0 Å². The molecule has 5 atom stereocenters. The summed E-state index contributed by atoms with van der Waals surface area (Å²) in [6.45, 7) is 7.86. The molecule has 3 amide bonds. The second-order valence-corrected chi connectivity index (χ2v) is 17.2. The van der Waals surface area contributed by atoms with Crippen LogP contribution in [0.25, 0.3) is 22.3 Å². The van der Waals surface area contributed by atoms with E-state index < -0.39 is 47.5 Å². The van der Waals surface area contributed by atoms with Crippen molar-refractivity contribution in [1.29, 1.82) is 0 Å². The minimum Gasteiger partial charge on any atom is -0.497 e. The summed E-state index contributed by atoms with van der Waals surface area (Å²) in [6.07, 6.45) is 10.1. The number of ether oxygens (including phenoxy) is 3. The van der Waals surface area contributed by atoms with Crippen molar-refractivity contribution in [2.45, 2.75) is 122 Å². The van der Waals surface area contributed by atoms with Crippen LogP contribution >= 0.6 is 11.3 Å². The standard InChI is InChI=1S/C42H56N6O8S/c1-24(2)44-40-46-33(23-57-40)32-21-34(28-18-17-27(54-5)20-31(28)45-32)56-35-22-48(36(37(43)49)42(35,3)4)38(50)30(47-41(53)55-26-14-11-12-15-26)16-10-8-6-7-9-13-25-19-29(25)39(51)52/h9,13,17-18,20-21,23-26,29-30,35-36H,6-8,10-12,14-16,19,22H2,1-5H3,(H2,43,49)(H,44,46)(H,47,53)(H,51,52). The number of alkyl carbamates (subject to hydrolysis) is 1. The van der Waals surface area contributed by atoms with Gasteiger partial charge in [-0.25, -0.2) is 14.8 Å². The number of fused-ring (bicyclic) bond motifs is 1. The number of carbonyl (C=O) groups is 4. The first-order valence-corrected chi connectivity index (χ1v) is 21.0. The molecular weight excluding hydrogens is 749 g/mol. The molecule has 3 aromatic rings. The van der Waals surface area contributed by atoms with Gasteiger partial charge in [0.2, 0.25) is 11.8 Å². The van der Waals surface area contributed by atoms with E-state index in [4.69, 9.17) is 35.0 Å². The molecule has 1 aliphatic heterocycles. The number of methoxy groups -OCH3 is 1. The third-order valence-electron chi connectivity index (χ3n) is 11.3. The van der Waals surface area contributed by atoms with Crippen LogP contribution in [0.4, 0.5) is 9.93 Å². The average molecular weight is 805 g/mol. The van der Waals surface area contributed by atoms with Gasteiger partial charge in [-0.1, -0.05) is 38.8 Å². The van der Waals surface area contributed by atoms with Gasteiger partial charge < -0.3 is 40.6 Å². The number of nitrogens with zero attached hydrogens (tertiary/aromatic N) is 3. The monoisotopic (exact) mass is 804 g/mol. The zero-order valence-corrected chi connectivity index (χ0v) is 34.3. The summed E-state index contributed by atoms with van der Waals surface area (Å²) >= 11 is 1.48. The molecule has 0 bridgehead atoms. The highest BCUT2D eigenvalue weighted by Crippen LogP contribution is 2.42. The smallest absolute Gasteiger partial charge is 0.408 e. The second kappa shape index (κ2) is 18.1. The Hall–Kier alpha value is -4.92. The van der Waals surface area contributed by atoms with Crippen molar-refractivity contribution in [2.24, 2.45) is 23.0 Å². The molecule has 0 radical (unpaired) electrons. The maximum absolute atomic E-state index is 14.5. The van der Waals surface area contributed by atoms with Crippen LogP contribution in [0, 0.1) is 17.3 Å². The van der Waals surface area contributed by atoms with Crippen LogP contribution < -0.4 is 25.8 Å². The molecule has 5 unspecified atom stereocenters. The summed E-state index contributed by atoms with van der Waals surface area (Å²) in [6, 6.07) is 5.58. The predicted octanol–water partition coefficient (Wildman–Crippen LogP) is 6.92.